The van der Waals surface area contributed by atoms with Crippen molar-refractivity contribution in [3.05, 3.63) is 0 Å². The SMILES string of the molecule is CCC(C)(C)C(=O)OC.O=C1OCC2(CO1)CC1CCC2C1. The van der Waals surface area contributed by atoms with E-state index < -0.39 is 6.16 Å². The molecule has 5 heteroatoms. The van der Waals surface area contributed by atoms with Crippen molar-refractivity contribution in [3.8, 4) is 0 Å². The minimum atomic E-state index is -0.478. The van der Waals surface area contributed by atoms with Crippen molar-refractivity contribution in [2.45, 2.75) is 52.9 Å². The summed E-state index contributed by atoms with van der Waals surface area (Å²) >= 11 is 0. The van der Waals surface area contributed by atoms with Crippen LogP contribution >= 0.6 is 0 Å². The molecule has 0 radical (unpaired) electrons. The molecule has 5 nitrogen and oxygen atoms in total. The average Bonchev–Trinajstić information content (AvgIpc) is 3.11. The molecule has 0 aromatic rings. The van der Waals surface area contributed by atoms with E-state index in [1.807, 2.05) is 20.8 Å². The van der Waals surface area contributed by atoms with Gasteiger partial charge in [-0.25, -0.2) is 4.79 Å². The van der Waals surface area contributed by atoms with Gasteiger partial charge < -0.3 is 14.2 Å². The normalized spacial score (nSPS) is 28.5. The van der Waals surface area contributed by atoms with Crippen molar-refractivity contribution in [3.63, 3.8) is 0 Å². The summed E-state index contributed by atoms with van der Waals surface area (Å²) in [6.07, 6.45) is 5.57. The predicted molar refractivity (Wildman–Crippen MR) is 81.3 cm³/mol. The number of hydrogen-bond donors (Lipinski definition) is 0. The van der Waals surface area contributed by atoms with Crippen molar-refractivity contribution in [2.75, 3.05) is 20.3 Å². The lowest BCUT2D eigenvalue weighted by Gasteiger charge is -2.38. The topological polar surface area (TPSA) is 61.8 Å². The van der Waals surface area contributed by atoms with Gasteiger partial charge in [0.15, 0.2) is 0 Å². The van der Waals surface area contributed by atoms with E-state index in [1.54, 1.807) is 0 Å². The van der Waals surface area contributed by atoms with Crippen LogP contribution in [0.4, 0.5) is 4.79 Å². The van der Waals surface area contributed by atoms with Gasteiger partial charge in [0.2, 0.25) is 0 Å². The van der Waals surface area contributed by atoms with Crippen LogP contribution in [0, 0.1) is 22.7 Å². The van der Waals surface area contributed by atoms with Gasteiger partial charge in [-0.05, 0) is 51.4 Å². The first-order valence-corrected chi connectivity index (χ1v) is 8.21. The molecule has 2 aliphatic carbocycles. The summed E-state index contributed by atoms with van der Waals surface area (Å²) in [5, 5.41) is 0. The number of fused-ring (bicyclic) bond motifs is 3. The smallest absolute Gasteiger partial charge is 0.469 e. The second-order valence-corrected chi connectivity index (χ2v) is 7.50. The summed E-state index contributed by atoms with van der Waals surface area (Å²) in [6, 6.07) is 0. The molecule has 2 saturated carbocycles. The number of cyclic esters (lactones) is 2. The van der Waals surface area contributed by atoms with E-state index in [9.17, 15) is 9.59 Å². The Morgan fingerprint density at radius 1 is 1.32 bits per heavy atom. The van der Waals surface area contributed by atoms with Crippen molar-refractivity contribution >= 4 is 12.1 Å². The number of methoxy groups -OCH3 is 1. The van der Waals surface area contributed by atoms with Gasteiger partial charge >= 0.3 is 12.1 Å². The fourth-order valence-corrected chi connectivity index (χ4v) is 3.82. The van der Waals surface area contributed by atoms with Crippen LogP contribution in [0.2, 0.25) is 0 Å². The molecule has 1 spiro atoms. The zero-order chi connectivity index (χ0) is 16.4. The molecule has 3 fully saturated rings. The third kappa shape index (κ3) is 3.39. The van der Waals surface area contributed by atoms with Crippen molar-refractivity contribution in [1.29, 1.82) is 0 Å². The molecule has 2 atom stereocenters. The highest BCUT2D eigenvalue weighted by molar-refractivity contribution is 5.75. The Kier molecular flexibility index (Phi) is 5.03. The van der Waals surface area contributed by atoms with E-state index in [2.05, 4.69) is 4.74 Å². The van der Waals surface area contributed by atoms with Crippen molar-refractivity contribution in [1.82, 2.24) is 0 Å². The van der Waals surface area contributed by atoms with E-state index in [1.165, 1.54) is 32.8 Å². The Morgan fingerprint density at radius 2 is 1.95 bits per heavy atom. The summed E-state index contributed by atoms with van der Waals surface area (Å²) in [5.74, 6) is 1.50. The molecule has 0 aromatic carbocycles. The third-order valence-corrected chi connectivity index (χ3v) is 5.68. The Morgan fingerprint density at radius 3 is 2.32 bits per heavy atom. The zero-order valence-corrected chi connectivity index (χ0v) is 14.1. The molecular formula is C17H28O5. The summed E-state index contributed by atoms with van der Waals surface area (Å²) in [5.41, 5.74) is -0.106. The number of carbonyl (C=O) groups is 2. The van der Waals surface area contributed by atoms with E-state index in [0.29, 0.717) is 13.2 Å². The van der Waals surface area contributed by atoms with Crippen LogP contribution in [0.25, 0.3) is 0 Å². The van der Waals surface area contributed by atoms with Gasteiger partial charge in [0, 0.05) is 5.41 Å². The van der Waals surface area contributed by atoms with Crippen molar-refractivity contribution < 1.29 is 23.8 Å². The van der Waals surface area contributed by atoms with Crippen LogP contribution in [0.5, 0.6) is 0 Å². The van der Waals surface area contributed by atoms with E-state index >= 15 is 0 Å². The molecule has 1 saturated heterocycles. The first-order chi connectivity index (χ1) is 10.3. The van der Waals surface area contributed by atoms with E-state index in [0.717, 1.165) is 18.3 Å². The van der Waals surface area contributed by atoms with Gasteiger partial charge in [-0.3, -0.25) is 4.79 Å². The highest BCUT2D eigenvalue weighted by Gasteiger charge is 2.54. The molecule has 3 aliphatic rings. The number of rotatable bonds is 2. The van der Waals surface area contributed by atoms with Gasteiger partial charge in [0.1, 0.15) is 13.2 Å². The van der Waals surface area contributed by atoms with Crippen LogP contribution in [-0.2, 0) is 19.0 Å². The molecule has 3 rings (SSSR count). The van der Waals surface area contributed by atoms with Gasteiger partial charge in [-0.2, -0.15) is 0 Å². The minimum Gasteiger partial charge on any atom is -0.469 e. The largest absolute Gasteiger partial charge is 0.508 e. The summed E-state index contributed by atoms with van der Waals surface area (Å²) in [7, 11) is 1.42. The fraction of sp³-hybridized carbons (Fsp3) is 0.882. The Balaban J connectivity index is 0.000000175. The van der Waals surface area contributed by atoms with Gasteiger partial charge in [-0.1, -0.05) is 13.3 Å². The summed E-state index contributed by atoms with van der Waals surface area (Å²) < 4.78 is 14.6. The Hall–Kier alpha value is -1.26. The molecule has 0 N–H and O–H groups in total. The van der Waals surface area contributed by atoms with Crippen LogP contribution in [-0.4, -0.2) is 32.4 Å². The molecule has 0 aromatic heterocycles. The molecule has 126 valence electrons. The lowest BCUT2D eigenvalue weighted by Crippen LogP contribution is -2.43. The molecule has 2 unspecified atom stereocenters. The van der Waals surface area contributed by atoms with Crippen LogP contribution in [0.3, 0.4) is 0 Å². The number of esters is 1. The molecular weight excluding hydrogens is 284 g/mol. The molecule has 22 heavy (non-hydrogen) atoms. The van der Waals surface area contributed by atoms with Crippen LogP contribution in [0.15, 0.2) is 0 Å². The number of ether oxygens (including phenoxy) is 3. The minimum absolute atomic E-state index is 0.134. The van der Waals surface area contributed by atoms with Crippen LogP contribution < -0.4 is 0 Å². The van der Waals surface area contributed by atoms with Gasteiger partial charge in [0.05, 0.1) is 12.5 Å². The fourth-order valence-electron chi connectivity index (χ4n) is 3.82. The first kappa shape index (κ1) is 17.1. The number of hydrogen-bond acceptors (Lipinski definition) is 5. The molecule has 0 amide bonds. The average molecular weight is 312 g/mol. The van der Waals surface area contributed by atoms with Crippen LogP contribution in [0.1, 0.15) is 52.9 Å². The maximum Gasteiger partial charge on any atom is 0.508 e. The standard InChI is InChI=1S/C10H14O3.C7H14O2/c11-9-12-5-10(6-13-9)4-7-1-2-8(10)3-7;1-5-7(2,3)6(8)9-4/h7-8H,1-6H2;5H2,1-4H3. The van der Waals surface area contributed by atoms with Gasteiger partial charge in [0.25, 0.3) is 0 Å². The quantitative estimate of drug-likeness (QED) is 0.730. The first-order valence-electron chi connectivity index (χ1n) is 8.21. The zero-order valence-electron chi connectivity index (χ0n) is 14.1. The second kappa shape index (κ2) is 6.47. The molecule has 1 aliphatic heterocycles. The third-order valence-electron chi connectivity index (χ3n) is 5.68. The maximum atomic E-state index is 10.8. The highest BCUT2D eigenvalue weighted by Crippen LogP contribution is 2.56. The van der Waals surface area contributed by atoms with E-state index in [4.69, 9.17) is 9.47 Å². The van der Waals surface area contributed by atoms with Gasteiger partial charge in [-0.15, -0.1) is 0 Å². The Bertz CT molecular complexity index is 419. The summed E-state index contributed by atoms with van der Waals surface area (Å²) in [4.78, 5) is 21.6. The lowest BCUT2D eigenvalue weighted by atomic mass is 9.74. The molecule has 2 bridgehead atoms. The predicted octanol–water partition coefficient (Wildman–Crippen LogP) is 3.56. The molecule has 1 heterocycles. The monoisotopic (exact) mass is 312 g/mol. The van der Waals surface area contributed by atoms with E-state index in [-0.39, 0.29) is 16.8 Å². The number of carbonyl (C=O) groups excluding carboxylic acids is 2. The maximum absolute atomic E-state index is 10.8. The summed E-state index contributed by atoms with van der Waals surface area (Å²) in [6.45, 7) is 6.93. The van der Waals surface area contributed by atoms with Crippen molar-refractivity contribution in [2.24, 2.45) is 22.7 Å². The highest BCUT2D eigenvalue weighted by atomic mass is 16.7. The second-order valence-electron chi connectivity index (χ2n) is 7.50. The lowest BCUT2D eigenvalue weighted by molar-refractivity contribution is -0.150. The Labute approximate surface area is 132 Å².